The van der Waals surface area contributed by atoms with Gasteiger partial charge in [-0.05, 0) is 59.5 Å². The molecule has 0 N–H and O–H groups in total. The predicted octanol–water partition coefficient (Wildman–Crippen LogP) is 5.67. The van der Waals surface area contributed by atoms with E-state index in [1.807, 2.05) is 26.0 Å². The Labute approximate surface area is 198 Å². The summed E-state index contributed by atoms with van der Waals surface area (Å²) in [5, 5.41) is 0.893. The number of hydrogen-bond acceptors (Lipinski definition) is 4. The zero-order valence-corrected chi connectivity index (χ0v) is 20.2. The molecule has 0 unspecified atom stereocenters. The zero-order valence-electron chi connectivity index (χ0n) is 18.6. The number of sulfone groups is 1. The number of aromatic nitrogens is 1. The highest BCUT2D eigenvalue weighted by Gasteiger charge is 2.24. The van der Waals surface area contributed by atoms with Gasteiger partial charge in [0, 0.05) is 17.8 Å². The van der Waals surface area contributed by atoms with Crippen LogP contribution in [0.2, 0.25) is 5.02 Å². The Balaban J connectivity index is 1.92. The number of hydrogen-bond donors (Lipinski definition) is 0. The van der Waals surface area contributed by atoms with Crippen LogP contribution in [0.15, 0.2) is 87.5 Å². The molecular formula is C26H24ClNO4S. The molecule has 5 nitrogen and oxygen atoms in total. The van der Waals surface area contributed by atoms with Crippen molar-refractivity contribution in [2.24, 2.45) is 0 Å². The summed E-state index contributed by atoms with van der Waals surface area (Å²) >= 11 is 6.01. The highest BCUT2D eigenvalue weighted by atomic mass is 35.5. The molecule has 4 rings (SSSR count). The zero-order chi connectivity index (χ0) is 23.8. The second-order valence-electron chi connectivity index (χ2n) is 8.19. The van der Waals surface area contributed by atoms with Crippen molar-refractivity contribution in [2.75, 3.05) is 7.11 Å². The Morgan fingerprint density at radius 1 is 0.970 bits per heavy atom. The van der Waals surface area contributed by atoms with E-state index in [0.29, 0.717) is 22.8 Å². The monoisotopic (exact) mass is 481 g/mol. The molecule has 33 heavy (non-hydrogen) atoms. The van der Waals surface area contributed by atoms with Crippen molar-refractivity contribution in [2.45, 2.75) is 36.1 Å². The Hall–Kier alpha value is -3.09. The predicted molar refractivity (Wildman–Crippen MR) is 131 cm³/mol. The van der Waals surface area contributed by atoms with Crippen LogP contribution in [0, 0.1) is 0 Å². The number of methoxy groups -OCH3 is 1. The van der Waals surface area contributed by atoms with Crippen LogP contribution in [-0.2, 0) is 16.4 Å². The number of pyridine rings is 1. The Bertz CT molecular complexity index is 1470. The maximum absolute atomic E-state index is 13.5. The third kappa shape index (κ3) is 4.54. The summed E-state index contributed by atoms with van der Waals surface area (Å²) in [4.78, 5) is 13.2. The highest BCUT2D eigenvalue weighted by molar-refractivity contribution is 7.91. The SMILES string of the molecule is COc1ccc2c(c1)c(=O)c(S(=O)(=O)c1ccc(C(C)C)cc1)cn2Cc1ccc(Cl)cc1. The minimum Gasteiger partial charge on any atom is -0.497 e. The molecule has 0 fully saturated rings. The molecule has 0 aliphatic rings. The van der Waals surface area contributed by atoms with Crippen LogP contribution in [-0.4, -0.2) is 20.1 Å². The third-order valence-electron chi connectivity index (χ3n) is 5.67. The Morgan fingerprint density at radius 3 is 2.24 bits per heavy atom. The summed E-state index contributed by atoms with van der Waals surface area (Å²) < 4.78 is 34.1. The number of ether oxygens (including phenoxy) is 1. The first kappa shape index (κ1) is 23.1. The van der Waals surface area contributed by atoms with Crippen molar-refractivity contribution in [1.29, 1.82) is 0 Å². The van der Waals surface area contributed by atoms with Gasteiger partial charge < -0.3 is 9.30 Å². The van der Waals surface area contributed by atoms with E-state index >= 15 is 0 Å². The van der Waals surface area contributed by atoms with Crippen LogP contribution in [0.25, 0.3) is 10.9 Å². The average Bonchev–Trinajstić information content (AvgIpc) is 2.81. The van der Waals surface area contributed by atoms with E-state index in [2.05, 4.69) is 0 Å². The smallest absolute Gasteiger partial charge is 0.211 e. The summed E-state index contributed by atoms with van der Waals surface area (Å²) in [5.41, 5.74) is 2.01. The minimum atomic E-state index is -4.04. The summed E-state index contributed by atoms with van der Waals surface area (Å²) in [6, 6.07) is 19.1. The molecule has 0 saturated heterocycles. The van der Waals surface area contributed by atoms with Crippen LogP contribution >= 0.6 is 11.6 Å². The van der Waals surface area contributed by atoms with Gasteiger partial charge in [-0.15, -0.1) is 0 Å². The highest BCUT2D eigenvalue weighted by Crippen LogP contribution is 2.26. The number of fused-ring (bicyclic) bond motifs is 1. The standard InChI is InChI=1S/C26H24ClNO4S/c1-17(2)19-6-11-22(12-7-19)33(30,31)25-16-28(15-18-4-8-20(27)9-5-18)24-13-10-21(32-3)14-23(24)26(25)29/h4-14,16-17H,15H2,1-3H3. The molecule has 0 aliphatic heterocycles. The normalized spacial score (nSPS) is 11.8. The largest absolute Gasteiger partial charge is 0.497 e. The molecule has 4 aromatic rings. The first-order chi connectivity index (χ1) is 15.7. The van der Waals surface area contributed by atoms with Crippen LogP contribution in [0.3, 0.4) is 0 Å². The van der Waals surface area contributed by atoms with Crippen LogP contribution in [0.4, 0.5) is 0 Å². The van der Waals surface area contributed by atoms with Crippen LogP contribution in [0.1, 0.15) is 30.9 Å². The topological polar surface area (TPSA) is 65.4 Å². The fourth-order valence-electron chi connectivity index (χ4n) is 3.74. The first-order valence-electron chi connectivity index (χ1n) is 10.5. The van der Waals surface area contributed by atoms with Crippen molar-refractivity contribution in [3.05, 3.63) is 99.3 Å². The Kier molecular flexibility index (Phi) is 6.32. The molecule has 0 bridgehead atoms. The third-order valence-corrected chi connectivity index (χ3v) is 7.68. The second-order valence-corrected chi connectivity index (χ2v) is 10.5. The molecule has 0 saturated carbocycles. The summed E-state index contributed by atoms with van der Waals surface area (Å²) in [6.45, 7) is 4.44. The molecule has 7 heteroatoms. The van der Waals surface area contributed by atoms with E-state index < -0.39 is 15.3 Å². The van der Waals surface area contributed by atoms with Gasteiger partial charge in [0.15, 0.2) is 0 Å². The van der Waals surface area contributed by atoms with Gasteiger partial charge >= 0.3 is 0 Å². The molecule has 1 aromatic heterocycles. The molecule has 0 amide bonds. The number of nitrogens with zero attached hydrogens (tertiary/aromatic N) is 1. The minimum absolute atomic E-state index is 0.0873. The number of benzene rings is 3. The molecule has 0 radical (unpaired) electrons. The average molecular weight is 482 g/mol. The van der Waals surface area contributed by atoms with E-state index in [4.69, 9.17) is 16.3 Å². The number of halogens is 1. The van der Waals surface area contributed by atoms with Crippen LogP contribution in [0.5, 0.6) is 5.75 Å². The lowest BCUT2D eigenvalue weighted by atomic mass is 10.0. The summed E-state index contributed by atoms with van der Waals surface area (Å²) in [5.74, 6) is 0.750. The van der Waals surface area contributed by atoms with E-state index in [1.165, 1.54) is 13.3 Å². The lowest BCUT2D eigenvalue weighted by Crippen LogP contribution is -2.19. The van der Waals surface area contributed by atoms with Gasteiger partial charge in [0.25, 0.3) is 0 Å². The van der Waals surface area contributed by atoms with E-state index in [-0.39, 0.29) is 21.1 Å². The molecule has 0 aliphatic carbocycles. The summed E-state index contributed by atoms with van der Waals surface area (Å²) in [7, 11) is -2.54. The van der Waals surface area contributed by atoms with Gasteiger partial charge in [0.1, 0.15) is 10.6 Å². The van der Waals surface area contributed by atoms with Gasteiger partial charge in [-0.1, -0.05) is 49.7 Å². The quantitative estimate of drug-likeness (QED) is 0.356. The molecule has 0 atom stereocenters. The Morgan fingerprint density at radius 2 is 1.64 bits per heavy atom. The molecule has 3 aromatic carbocycles. The molecule has 0 spiro atoms. The van der Waals surface area contributed by atoms with Crippen molar-refractivity contribution >= 4 is 32.3 Å². The fraction of sp³-hybridized carbons (Fsp3) is 0.192. The van der Waals surface area contributed by atoms with Gasteiger partial charge in [-0.3, -0.25) is 4.79 Å². The van der Waals surface area contributed by atoms with Crippen molar-refractivity contribution in [3.63, 3.8) is 0 Å². The van der Waals surface area contributed by atoms with E-state index in [9.17, 15) is 13.2 Å². The lowest BCUT2D eigenvalue weighted by molar-refractivity contribution is 0.415. The second kappa shape index (κ2) is 9.04. The van der Waals surface area contributed by atoms with E-state index in [1.54, 1.807) is 59.2 Å². The molecular weight excluding hydrogens is 458 g/mol. The molecule has 170 valence electrons. The maximum atomic E-state index is 13.5. The van der Waals surface area contributed by atoms with Crippen molar-refractivity contribution in [1.82, 2.24) is 4.57 Å². The summed E-state index contributed by atoms with van der Waals surface area (Å²) in [6.07, 6.45) is 1.43. The molecule has 1 heterocycles. The van der Waals surface area contributed by atoms with Crippen LogP contribution < -0.4 is 10.2 Å². The van der Waals surface area contributed by atoms with Gasteiger partial charge in [0.2, 0.25) is 15.3 Å². The van der Waals surface area contributed by atoms with Gasteiger partial charge in [-0.2, -0.15) is 0 Å². The van der Waals surface area contributed by atoms with Gasteiger partial charge in [-0.25, -0.2) is 8.42 Å². The van der Waals surface area contributed by atoms with Crippen molar-refractivity contribution < 1.29 is 13.2 Å². The van der Waals surface area contributed by atoms with E-state index in [0.717, 1.165) is 11.1 Å². The number of rotatable bonds is 6. The van der Waals surface area contributed by atoms with Gasteiger partial charge in [0.05, 0.1) is 22.9 Å². The van der Waals surface area contributed by atoms with Crippen molar-refractivity contribution in [3.8, 4) is 5.75 Å². The lowest BCUT2D eigenvalue weighted by Gasteiger charge is -2.15. The first-order valence-corrected chi connectivity index (χ1v) is 12.4. The fourth-order valence-corrected chi connectivity index (χ4v) is 5.24. The maximum Gasteiger partial charge on any atom is 0.211 e.